The Bertz CT molecular complexity index is 239. The van der Waals surface area contributed by atoms with Crippen LogP contribution in [0, 0.1) is 11.8 Å². The van der Waals surface area contributed by atoms with Crippen LogP contribution in [-0.2, 0) is 9.59 Å². The summed E-state index contributed by atoms with van der Waals surface area (Å²) in [6.45, 7) is 2.89. The molecule has 0 aliphatic heterocycles. The molecule has 1 aliphatic rings. The predicted molar refractivity (Wildman–Crippen MR) is 60.8 cm³/mol. The van der Waals surface area contributed by atoms with Gasteiger partial charge in [0.2, 0.25) is 5.91 Å². The number of rotatable bonds is 7. The van der Waals surface area contributed by atoms with Gasteiger partial charge in [0, 0.05) is 26.0 Å². The molecular formula is C12H21NO3. The van der Waals surface area contributed by atoms with Gasteiger partial charge in [0.25, 0.3) is 0 Å². The second-order valence-corrected chi connectivity index (χ2v) is 4.56. The zero-order chi connectivity index (χ0) is 12.0. The Hall–Kier alpha value is -0.900. The number of Topliss-reactive ketones (excluding diaryl/α,β-unsaturated/α-hetero) is 1. The van der Waals surface area contributed by atoms with Crippen molar-refractivity contribution in [3.8, 4) is 0 Å². The van der Waals surface area contributed by atoms with Gasteiger partial charge in [-0.1, -0.05) is 13.3 Å². The van der Waals surface area contributed by atoms with Gasteiger partial charge in [-0.15, -0.1) is 0 Å². The van der Waals surface area contributed by atoms with Gasteiger partial charge >= 0.3 is 0 Å². The highest BCUT2D eigenvalue weighted by Crippen LogP contribution is 2.22. The van der Waals surface area contributed by atoms with Crippen molar-refractivity contribution in [1.29, 1.82) is 0 Å². The third-order valence-corrected chi connectivity index (χ3v) is 3.12. The van der Waals surface area contributed by atoms with Gasteiger partial charge in [0.15, 0.2) is 0 Å². The minimum absolute atomic E-state index is 0.00126. The molecule has 0 saturated heterocycles. The van der Waals surface area contributed by atoms with Crippen molar-refractivity contribution in [3.05, 3.63) is 0 Å². The molecule has 4 heteroatoms. The molecule has 92 valence electrons. The van der Waals surface area contributed by atoms with E-state index in [1.807, 2.05) is 0 Å². The maximum absolute atomic E-state index is 11.6. The van der Waals surface area contributed by atoms with Gasteiger partial charge in [0.1, 0.15) is 5.78 Å². The van der Waals surface area contributed by atoms with Gasteiger partial charge in [-0.3, -0.25) is 9.59 Å². The lowest BCUT2D eigenvalue weighted by molar-refractivity contribution is -0.138. The Labute approximate surface area is 96.4 Å². The van der Waals surface area contributed by atoms with E-state index in [0.717, 1.165) is 19.3 Å². The summed E-state index contributed by atoms with van der Waals surface area (Å²) in [5, 5.41) is 11.7. The minimum atomic E-state index is -0.0936. The number of amides is 1. The van der Waals surface area contributed by atoms with E-state index in [1.54, 1.807) is 0 Å². The van der Waals surface area contributed by atoms with Crippen LogP contribution in [0.2, 0.25) is 0 Å². The van der Waals surface area contributed by atoms with Crippen LogP contribution in [0.4, 0.5) is 0 Å². The maximum Gasteiger partial charge on any atom is 0.224 e. The molecule has 1 atom stereocenters. The maximum atomic E-state index is 11.6. The summed E-state index contributed by atoms with van der Waals surface area (Å²) in [5.41, 5.74) is 0. The Morgan fingerprint density at radius 3 is 2.69 bits per heavy atom. The van der Waals surface area contributed by atoms with Gasteiger partial charge in [-0.05, 0) is 18.8 Å². The number of hydrogen-bond donors (Lipinski definition) is 2. The number of aliphatic hydroxyl groups is 1. The molecule has 0 radical (unpaired) electrons. The summed E-state index contributed by atoms with van der Waals surface area (Å²) in [6, 6.07) is 0. The quantitative estimate of drug-likeness (QED) is 0.678. The van der Waals surface area contributed by atoms with Crippen molar-refractivity contribution >= 4 is 11.7 Å². The fraction of sp³-hybridized carbons (Fsp3) is 0.833. The Balaban J connectivity index is 2.20. The van der Waals surface area contributed by atoms with Gasteiger partial charge in [-0.25, -0.2) is 0 Å². The molecule has 0 heterocycles. The molecule has 1 aliphatic carbocycles. The fourth-order valence-corrected chi connectivity index (χ4v) is 2.00. The lowest BCUT2D eigenvalue weighted by Crippen LogP contribution is -2.40. The molecule has 1 unspecified atom stereocenters. The van der Waals surface area contributed by atoms with E-state index < -0.39 is 0 Å². The van der Waals surface area contributed by atoms with Crippen LogP contribution in [0.1, 0.15) is 39.0 Å². The Morgan fingerprint density at radius 2 is 2.19 bits per heavy atom. The summed E-state index contributed by atoms with van der Waals surface area (Å²) in [5.74, 6) is 0.442. The number of hydrogen-bond acceptors (Lipinski definition) is 3. The second kappa shape index (κ2) is 6.63. The topological polar surface area (TPSA) is 66.4 Å². The highest BCUT2D eigenvalue weighted by molar-refractivity contribution is 5.96. The molecule has 0 aromatic rings. The van der Waals surface area contributed by atoms with Crippen molar-refractivity contribution in [2.24, 2.45) is 11.8 Å². The molecule has 1 amide bonds. The molecule has 1 saturated carbocycles. The number of carbonyl (C=O) groups is 2. The van der Waals surface area contributed by atoms with Crippen LogP contribution in [0.25, 0.3) is 0 Å². The third-order valence-electron chi connectivity index (χ3n) is 3.12. The molecule has 0 aromatic heterocycles. The smallest absolute Gasteiger partial charge is 0.224 e. The van der Waals surface area contributed by atoms with E-state index in [9.17, 15) is 9.59 Å². The monoisotopic (exact) mass is 227 g/mol. The third kappa shape index (κ3) is 3.93. The first-order valence-electron chi connectivity index (χ1n) is 6.07. The van der Waals surface area contributed by atoms with Crippen molar-refractivity contribution in [3.63, 3.8) is 0 Å². The summed E-state index contributed by atoms with van der Waals surface area (Å²) in [4.78, 5) is 22.3. The zero-order valence-corrected chi connectivity index (χ0v) is 9.87. The van der Waals surface area contributed by atoms with E-state index >= 15 is 0 Å². The van der Waals surface area contributed by atoms with Crippen LogP contribution < -0.4 is 5.32 Å². The molecule has 1 rings (SSSR count). The average molecular weight is 227 g/mol. The van der Waals surface area contributed by atoms with Crippen LogP contribution in [0.15, 0.2) is 0 Å². The SMILES string of the molecule is CCCC(CCO)CNC(=O)C1CC(=O)C1. The van der Waals surface area contributed by atoms with Crippen LogP contribution in [0.3, 0.4) is 0 Å². The summed E-state index contributed by atoms with van der Waals surface area (Å²) >= 11 is 0. The van der Waals surface area contributed by atoms with Crippen LogP contribution in [-0.4, -0.2) is 29.9 Å². The molecule has 0 bridgehead atoms. The second-order valence-electron chi connectivity index (χ2n) is 4.56. The highest BCUT2D eigenvalue weighted by Gasteiger charge is 2.32. The average Bonchev–Trinajstić information content (AvgIpc) is 2.22. The summed E-state index contributed by atoms with van der Waals surface area (Å²) in [7, 11) is 0. The number of carbonyl (C=O) groups excluding carboxylic acids is 2. The lowest BCUT2D eigenvalue weighted by Gasteiger charge is -2.24. The van der Waals surface area contributed by atoms with E-state index in [-0.39, 0.29) is 24.2 Å². The minimum Gasteiger partial charge on any atom is -0.396 e. The highest BCUT2D eigenvalue weighted by atomic mass is 16.3. The molecule has 0 aromatic carbocycles. The van der Waals surface area contributed by atoms with E-state index in [2.05, 4.69) is 12.2 Å². The van der Waals surface area contributed by atoms with Gasteiger partial charge < -0.3 is 10.4 Å². The molecule has 1 fully saturated rings. The summed E-state index contributed by atoms with van der Waals surface area (Å²) in [6.07, 6.45) is 3.62. The Morgan fingerprint density at radius 1 is 1.50 bits per heavy atom. The normalized spacial score (nSPS) is 18.0. The first-order chi connectivity index (χ1) is 7.67. The van der Waals surface area contributed by atoms with Crippen molar-refractivity contribution < 1.29 is 14.7 Å². The molecule has 0 spiro atoms. The summed E-state index contributed by atoms with van der Waals surface area (Å²) < 4.78 is 0. The van der Waals surface area contributed by atoms with E-state index in [1.165, 1.54) is 0 Å². The van der Waals surface area contributed by atoms with E-state index in [0.29, 0.717) is 25.3 Å². The number of aliphatic hydroxyl groups excluding tert-OH is 1. The van der Waals surface area contributed by atoms with Crippen LogP contribution >= 0.6 is 0 Å². The van der Waals surface area contributed by atoms with Crippen molar-refractivity contribution in [2.45, 2.75) is 39.0 Å². The molecular weight excluding hydrogens is 206 g/mol. The van der Waals surface area contributed by atoms with Gasteiger partial charge in [-0.2, -0.15) is 0 Å². The first-order valence-corrected chi connectivity index (χ1v) is 6.07. The number of ketones is 1. The molecule has 16 heavy (non-hydrogen) atoms. The standard InChI is InChI=1S/C12H21NO3/c1-2-3-9(4-5-14)8-13-12(16)10-6-11(15)7-10/h9-10,14H,2-8H2,1H3,(H,13,16). The Kier molecular flexibility index (Phi) is 5.46. The molecule has 2 N–H and O–H groups in total. The number of nitrogens with one attached hydrogen (secondary N) is 1. The first kappa shape index (κ1) is 13.2. The predicted octanol–water partition coefficient (Wildman–Crippen LogP) is 0.880. The van der Waals surface area contributed by atoms with Crippen molar-refractivity contribution in [2.75, 3.05) is 13.2 Å². The zero-order valence-electron chi connectivity index (χ0n) is 9.87. The largest absolute Gasteiger partial charge is 0.396 e. The lowest BCUT2D eigenvalue weighted by atomic mass is 9.83. The van der Waals surface area contributed by atoms with Crippen molar-refractivity contribution in [1.82, 2.24) is 5.32 Å². The van der Waals surface area contributed by atoms with Crippen LogP contribution in [0.5, 0.6) is 0 Å². The van der Waals surface area contributed by atoms with E-state index in [4.69, 9.17) is 5.11 Å². The molecule has 4 nitrogen and oxygen atoms in total. The van der Waals surface area contributed by atoms with Gasteiger partial charge in [0.05, 0.1) is 5.92 Å². The fourth-order valence-electron chi connectivity index (χ4n) is 2.00.